The predicted molar refractivity (Wildman–Crippen MR) is 133 cm³/mol. The molecule has 1 saturated heterocycles. The van der Waals surface area contributed by atoms with E-state index < -0.39 is 27.6 Å². The number of rotatable bonds is 9. The minimum Gasteiger partial charge on any atom is -0.394 e. The number of nitrogens with two attached hydrogens (primary N) is 1. The van der Waals surface area contributed by atoms with Gasteiger partial charge in [0.25, 0.3) is 0 Å². The number of nitrogens with one attached hydrogen (secondary N) is 1. The minimum atomic E-state index is -3.94. The SMILES string of the molecule is Cc1cc(N2CCCC(CC(C)(C)C(N)=O)C2)ncc1S(=O)(=O)NC(C)(CO)c1ccccc1. The lowest BCUT2D eigenvalue weighted by molar-refractivity contribution is -0.126. The topological polar surface area (TPSA) is 126 Å². The summed E-state index contributed by atoms with van der Waals surface area (Å²) in [5.74, 6) is 0.719. The molecule has 9 heteroatoms. The summed E-state index contributed by atoms with van der Waals surface area (Å²) in [6, 6.07) is 10.8. The van der Waals surface area contributed by atoms with Gasteiger partial charge in [-0.05, 0) is 56.2 Å². The van der Waals surface area contributed by atoms with Crippen molar-refractivity contribution in [2.75, 3.05) is 24.6 Å². The van der Waals surface area contributed by atoms with Gasteiger partial charge in [0, 0.05) is 24.7 Å². The van der Waals surface area contributed by atoms with Crippen LogP contribution in [0, 0.1) is 18.3 Å². The van der Waals surface area contributed by atoms with Crippen molar-refractivity contribution in [3.8, 4) is 0 Å². The highest BCUT2D eigenvalue weighted by molar-refractivity contribution is 7.89. The molecule has 1 aliphatic rings. The number of aryl methyl sites for hydroxylation is 1. The van der Waals surface area contributed by atoms with Gasteiger partial charge in [0.15, 0.2) is 0 Å². The van der Waals surface area contributed by atoms with Gasteiger partial charge in [-0.15, -0.1) is 0 Å². The molecule has 34 heavy (non-hydrogen) atoms. The molecule has 186 valence electrons. The van der Waals surface area contributed by atoms with Crippen LogP contribution in [0.15, 0.2) is 47.5 Å². The molecule has 1 amide bonds. The molecule has 0 bridgehead atoms. The predicted octanol–water partition coefficient (Wildman–Crippen LogP) is 2.69. The summed E-state index contributed by atoms with van der Waals surface area (Å²) in [5.41, 5.74) is 5.06. The highest BCUT2D eigenvalue weighted by atomic mass is 32.2. The third-order valence-corrected chi connectivity index (χ3v) is 8.46. The van der Waals surface area contributed by atoms with E-state index in [1.807, 2.05) is 19.9 Å². The Hall–Kier alpha value is -2.49. The van der Waals surface area contributed by atoms with E-state index in [2.05, 4.69) is 14.6 Å². The molecule has 2 unspecified atom stereocenters. The van der Waals surface area contributed by atoms with Crippen LogP contribution in [-0.2, 0) is 20.4 Å². The number of carbonyl (C=O) groups excluding carboxylic acids is 1. The summed E-state index contributed by atoms with van der Waals surface area (Å²) in [7, 11) is -3.94. The summed E-state index contributed by atoms with van der Waals surface area (Å²) in [6.07, 6.45) is 4.07. The van der Waals surface area contributed by atoms with Crippen LogP contribution in [-0.4, -0.2) is 44.1 Å². The molecular weight excluding hydrogens is 452 g/mol. The minimum absolute atomic E-state index is 0.0790. The smallest absolute Gasteiger partial charge is 0.243 e. The summed E-state index contributed by atoms with van der Waals surface area (Å²) in [4.78, 5) is 18.4. The Bertz CT molecular complexity index is 1120. The number of hydrogen-bond acceptors (Lipinski definition) is 6. The molecule has 0 aliphatic carbocycles. The van der Waals surface area contributed by atoms with Gasteiger partial charge < -0.3 is 15.7 Å². The lowest BCUT2D eigenvalue weighted by Crippen LogP contribution is -2.46. The van der Waals surface area contributed by atoms with E-state index in [-0.39, 0.29) is 10.8 Å². The molecule has 0 spiro atoms. The standard InChI is InChI=1S/C25H36N4O4S/c1-18-13-22(29-12-8-9-19(16-29)14-24(2,3)23(26)31)27-15-21(18)34(32,33)28-25(4,17-30)20-10-6-5-7-11-20/h5-7,10-11,13,15,19,28,30H,8-9,12,14,16-17H2,1-4H3,(H2,26,31). The fourth-order valence-corrected chi connectivity index (χ4v) is 6.14. The Balaban J connectivity index is 1.79. The van der Waals surface area contributed by atoms with Gasteiger partial charge in [-0.25, -0.2) is 13.4 Å². The van der Waals surface area contributed by atoms with Gasteiger partial charge in [-0.2, -0.15) is 4.72 Å². The van der Waals surface area contributed by atoms with Crippen LogP contribution in [0.4, 0.5) is 5.82 Å². The number of nitrogens with zero attached hydrogens (tertiary/aromatic N) is 2. The summed E-state index contributed by atoms with van der Waals surface area (Å²) in [5, 5.41) is 9.99. The van der Waals surface area contributed by atoms with Crippen LogP contribution in [0.2, 0.25) is 0 Å². The van der Waals surface area contributed by atoms with Crippen molar-refractivity contribution in [3.63, 3.8) is 0 Å². The van der Waals surface area contributed by atoms with Crippen molar-refractivity contribution in [2.45, 2.75) is 57.4 Å². The second kappa shape index (κ2) is 10.0. The van der Waals surface area contributed by atoms with E-state index >= 15 is 0 Å². The average molecular weight is 489 g/mol. The van der Waals surface area contributed by atoms with Crippen LogP contribution < -0.4 is 15.4 Å². The lowest BCUT2D eigenvalue weighted by Gasteiger charge is -2.36. The first kappa shape index (κ1) is 26.1. The molecule has 0 radical (unpaired) electrons. The molecule has 1 aromatic heterocycles. The molecule has 2 aromatic rings. The number of sulfonamides is 1. The van der Waals surface area contributed by atoms with E-state index in [1.165, 1.54) is 6.20 Å². The van der Waals surface area contributed by atoms with Crippen molar-refractivity contribution in [2.24, 2.45) is 17.1 Å². The first-order valence-corrected chi connectivity index (χ1v) is 13.1. The Morgan fingerprint density at radius 1 is 1.26 bits per heavy atom. The van der Waals surface area contributed by atoms with Crippen LogP contribution >= 0.6 is 0 Å². The highest BCUT2D eigenvalue weighted by Gasteiger charge is 2.34. The number of anilines is 1. The molecule has 2 atom stereocenters. The van der Waals surface area contributed by atoms with Crippen molar-refractivity contribution >= 4 is 21.7 Å². The van der Waals surface area contributed by atoms with Gasteiger partial charge in [0.05, 0.1) is 12.1 Å². The molecule has 2 heterocycles. The van der Waals surface area contributed by atoms with Gasteiger partial charge in [-0.3, -0.25) is 4.79 Å². The van der Waals surface area contributed by atoms with Gasteiger partial charge in [0.1, 0.15) is 10.7 Å². The number of pyridine rings is 1. The number of piperidine rings is 1. The largest absolute Gasteiger partial charge is 0.394 e. The third-order valence-electron chi connectivity index (χ3n) is 6.73. The second-order valence-electron chi connectivity index (χ2n) is 10.2. The molecule has 4 N–H and O–H groups in total. The number of benzene rings is 1. The Morgan fingerprint density at radius 2 is 1.94 bits per heavy atom. The van der Waals surface area contributed by atoms with Crippen molar-refractivity contribution in [1.82, 2.24) is 9.71 Å². The fraction of sp³-hybridized carbons (Fsp3) is 0.520. The first-order chi connectivity index (χ1) is 15.9. The second-order valence-corrected chi connectivity index (χ2v) is 11.8. The Morgan fingerprint density at radius 3 is 2.53 bits per heavy atom. The van der Waals surface area contributed by atoms with E-state index in [1.54, 1.807) is 44.2 Å². The fourth-order valence-electron chi connectivity index (χ4n) is 4.58. The molecule has 1 aliphatic heterocycles. The van der Waals surface area contributed by atoms with E-state index in [0.717, 1.165) is 25.9 Å². The third kappa shape index (κ3) is 5.76. The normalized spacial score (nSPS) is 19.0. The molecule has 0 saturated carbocycles. The summed E-state index contributed by atoms with van der Waals surface area (Å²) < 4.78 is 29.1. The van der Waals surface area contributed by atoms with Gasteiger partial charge >= 0.3 is 0 Å². The molecule has 3 rings (SSSR count). The van der Waals surface area contributed by atoms with Crippen LogP contribution in [0.25, 0.3) is 0 Å². The van der Waals surface area contributed by atoms with Gasteiger partial charge in [0.2, 0.25) is 15.9 Å². The van der Waals surface area contributed by atoms with Crippen LogP contribution in [0.5, 0.6) is 0 Å². The van der Waals surface area contributed by atoms with E-state index in [9.17, 15) is 18.3 Å². The van der Waals surface area contributed by atoms with E-state index in [4.69, 9.17) is 5.73 Å². The summed E-state index contributed by atoms with van der Waals surface area (Å²) in [6.45, 7) is 8.31. The monoisotopic (exact) mass is 488 g/mol. The first-order valence-electron chi connectivity index (χ1n) is 11.6. The molecule has 1 aromatic carbocycles. The summed E-state index contributed by atoms with van der Waals surface area (Å²) >= 11 is 0. The van der Waals surface area contributed by atoms with Crippen molar-refractivity contribution in [1.29, 1.82) is 0 Å². The van der Waals surface area contributed by atoms with E-state index in [0.29, 0.717) is 29.3 Å². The maximum Gasteiger partial charge on any atom is 0.243 e. The van der Waals surface area contributed by atoms with Gasteiger partial charge in [-0.1, -0.05) is 44.2 Å². The maximum absolute atomic E-state index is 13.2. The van der Waals surface area contributed by atoms with Crippen LogP contribution in [0.1, 0.15) is 51.2 Å². The number of primary amides is 1. The zero-order chi connectivity index (χ0) is 25.1. The molecule has 1 fully saturated rings. The molecule has 8 nitrogen and oxygen atoms in total. The highest BCUT2D eigenvalue weighted by Crippen LogP contribution is 2.33. The number of carbonyl (C=O) groups is 1. The van der Waals surface area contributed by atoms with Crippen LogP contribution in [0.3, 0.4) is 0 Å². The lowest BCUT2D eigenvalue weighted by atomic mass is 9.79. The zero-order valence-electron chi connectivity index (χ0n) is 20.4. The Kier molecular flexibility index (Phi) is 7.69. The molecular formula is C25H36N4O4S. The van der Waals surface area contributed by atoms with Crippen molar-refractivity contribution < 1.29 is 18.3 Å². The average Bonchev–Trinajstić information content (AvgIpc) is 2.79. The number of aromatic nitrogens is 1. The Labute approximate surface area is 202 Å². The number of aliphatic hydroxyl groups is 1. The number of aliphatic hydroxyl groups excluding tert-OH is 1. The maximum atomic E-state index is 13.2. The number of hydrogen-bond donors (Lipinski definition) is 3. The van der Waals surface area contributed by atoms with Crippen molar-refractivity contribution in [3.05, 3.63) is 53.7 Å². The zero-order valence-corrected chi connectivity index (χ0v) is 21.2. The quantitative estimate of drug-likeness (QED) is 0.498. The number of amides is 1.